The Bertz CT molecular complexity index is 407. The second kappa shape index (κ2) is 4.92. The van der Waals surface area contributed by atoms with E-state index in [1.165, 1.54) is 6.07 Å². The second-order valence-corrected chi connectivity index (χ2v) is 4.59. The van der Waals surface area contributed by atoms with E-state index < -0.39 is 0 Å². The van der Waals surface area contributed by atoms with Gasteiger partial charge in [-0.15, -0.1) is 0 Å². The van der Waals surface area contributed by atoms with Gasteiger partial charge in [0.05, 0.1) is 7.11 Å². The van der Waals surface area contributed by atoms with Crippen LogP contribution in [-0.2, 0) is 6.42 Å². The fourth-order valence-corrected chi connectivity index (χ4v) is 2.19. The van der Waals surface area contributed by atoms with Crippen LogP contribution in [-0.4, -0.2) is 25.8 Å². The predicted octanol–water partition coefficient (Wildman–Crippen LogP) is 2.14. The van der Waals surface area contributed by atoms with Crippen molar-refractivity contribution in [2.45, 2.75) is 32.4 Å². The minimum atomic E-state index is -0.316. The highest BCUT2D eigenvalue weighted by atomic mass is 19.1. The molecule has 1 atom stereocenters. The van der Waals surface area contributed by atoms with Gasteiger partial charge in [-0.25, -0.2) is 4.39 Å². The van der Waals surface area contributed by atoms with Crippen LogP contribution in [0, 0.1) is 5.82 Å². The van der Waals surface area contributed by atoms with Crippen molar-refractivity contribution < 1.29 is 13.9 Å². The van der Waals surface area contributed by atoms with Crippen molar-refractivity contribution in [1.82, 2.24) is 5.32 Å². The number of hydrogen-bond acceptors (Lipinski definition) is 3. The van der Waals surface area contributed by atoms with E-state index in [2.05, 4.69) is 19.2 Å². The van der Waals surface area contributed by atoms with Crippen LogP contribution in [0.25, 0.3) is 0 Å². The molecule has 1 aliphatic rings. The van der Waals surface area contributed by atoms with Crippen molar-refractivity contribution in [3.63, 3.8) is 0 Å². The molecule has 1 aromatic carbocycles. The number of halogens is 1. The van der Waals surface area contributed by atoms with E-state index >= 15 is 0 Å². The first-order valence-corrected chi connectivity index (χ1v) is 5.86. The quantitative estimate of drug-likeness (QED) is 0.876. The third-order valence-electron chi connectivity index (χ3n) is 2.84. The Kier molecular flexibility index (Phi) is 3.52. The first-order chi connectivity index (χ1) is 8.11. The Balaban J connectivity index is 2.26. The summed E-state index contributed by atoms with van der Waals surface area (Å²) >= 11 is 0. The van der Waals surface area contributed by atoms with Gasteiger partial charge in [0.1, 0.15) is 12.4 Å². The molecule has 0 aliphatic carbocycles. The Labute approximate surface area is 101 Å². The average molecular weight is 239 g/mol. The smallest absolute Gasteiger partial charge is 0.165 e. The zero-order valence-electron chi connectivity index (χ0n) is 10.4. The first kappa shape index (κ1) is 12.2. The van der Waals surface area contributed by atoms with E-state index in [1.54, 1.807) is 13.2 Å². The van der Waals surface area contributed by atoms with Crippen molar-refractivity contribution >= 4 is 0 Å². The van der Waals surface area contributed by atoms with Gasteiger partial charge in [-0.1, -0.05) is 13.8 Å². The average Bonchev–Trinajstić information content (AvgIpc) is 2.29. The zero-order valence-corrected chi connectivity index (χ0v) is 10.4. The van der Waals surface area contributed by atoms with Gasteiger partial charge in [0.15, 0.2) is 11.6 Å². The maximum atomic E-state index is 13.6. The number of benzene rings is 1. The maximum Gasteiger partial charge on any atom is 0.165 e. The minimum Gasteiger partial charge on any atom is -0.496 e. The van der Waals surface area contributed by atoms with Crippen LogP contribution in [0.15, 0.2) is 12.1 Å². The number of methoxy groups -OCH3 is 1. The standard InChI is InChI=1S/C13H18FNO2/c1-8(2)15-9-6-10-12(16-3)5-4-11(14)13(10)17-7-9/h4-5,8-9,15H,6-7H2,1-3H3/t9-/m1/s1. The van der Waals surface area contributed by atoms with Gasteiger partial charge in [-0.05, 0) is 18.6 Å². The number of nitrogens with one attached hydrogen (secondary N) is 1. The summed E-state index contributed by atoms with van der Waals surface area (Å²) < 4.78 is 24.3. The molecule has 0 saturated heterocycles. The SMILES string of the molecule is COc1ccc(F)c2c1C[C@@H](NC(C)C)CO2. The first-order valence-electron chi connectivity index (χ1n) is 5.86. The molecule has 1 aromatic rings. The van der Waals surface area contributed by atoms with Crippen LogP contribution in [0.2, 0.25) is 0 Å². The summed E-state index contributed by atoms with van der Waals surface area (Å²) in [6.07, 6.45) is 0.731. The molecule has 0 radical (unpaired) electrons. The van der Waals surface area contributed by atoms with Crippen LogP contribution in [0.3, 0.4) is 0 Å². The van der Waals surface area contributed by atoms with E-state index in [4.69, 9.17) is 9.47 Å². The second-order valence-electron chi connectivity index (χ2n) is 4.59. The molecule has 0 aromatic heterocycles. The summed E-state index contributed by atoms with van der Waals surface area (Å²) in [4.78, 5) is 0. The molecule has 94 valence electrons. The van der Waals surface area contributed by atoms with E-state index in [0.29, 0.717) is 24.1 Å². The molecule has 2 rings (SSSR count). The van der Waals surface area contributed by atoms with Crippen molar-refractivity contribution in [1.29, 1.82) is 0 Å². The van der Waals surface area contributed by atoms with Crippen LogP contribution < -0.4 is 14.8 Å². The maximum absolute atomic E-state index is 13.6. The van der Waals surface area contributed by atoms with Crippen LogP contribution in [0.4, 0.5) is 4.39 Å². The molecule has 0 fully saturated rings. The van der Waals surface area contributed by atoms with Gasteiger partial charge in [0.25, 0.3) is 0 Å². The van der Waals surface area contributed by atoms with Crippen molar-refractivity contribution in [2.24, 2.45) is 0 Å². The highest BCUT2D eigenvalue weighted by Crippen LogP contribution is 2.35. The Morgan fingerprint density at radius 3 is 2.88 bits per heavy atom. The highest BCUT2D eigenvalue weighted by Gasteiger charge is 2.25. The lowest BCUT2D eigenvalue weighted by molar-refractivity contribution is 0.218. The molecule has 1 N–H and O–H groups in total. The summed E-state index contributed by atoms with van der Waals surface area (Å²) in [5, 5.41) is 3.39. The molecule has 3 nitrogen and oxygen atoms in total. The van der Waals surface area contributed by atoms with Crippen molar-refractivity contribution in [2.75, 3.05) is 13.7 Å². The van der Waals surface area contributed by atoms with Gasteiger partial charge < -0.3 is 14.8 Å². The van der Waals surface area contributed by atoms with E-state index in [0.717, 1.165) is 12.0 Å². The Morgan fingerprint density at radius 1 is 1.47 bits per heavy atom. The normalized spacial score (nSPS) is 18.8. The van der Waals surface area contributed by atoms with Gasteiger partial charge in [0, 0.05) is 17.6 Å². The third-order valence-corrected chi connectivity index (χ3v) is 2.84. The number of hydrogen-bond donors (Lipinski definition) is 1. The topological polar surface area (TPSA) is 30.5 Å². The summed E-state index contributed by atoms with van der Waals surface area (Å²) in [5.41, 5.74) is 0.817. The van der Waals surface area contributed by atoms with Gasteiger partial charge in [0.2, 0.25) is 0 Å². The number of ether oxygens (including phenoxy) is 2. The molecule has 0 bridgehead atoms. The van der Waals surface area contributed by atoms with Crippen LogP contribution in [0.5, 0.6) is 11.5 Å². The molecule has 0 unspecified atom stereocenters. The van der Waals surface area contributed by atoms with Gasteiger partial charge in [-0.2, -0.15) is 0 Å². The molecule has 0 amide bonds. The fraction of sp³-hybridized carbons (Fsp3) is 0.538. The Morgan fingerprint density at radius 2 is 2.24 bits per heavy atom. The van der Waals surface area contributed by atoms with E-state index in [-0.39, 0.29) is 11.9 Å². The highest BCUT2D eigenvalue weighted by molar-refractivity contribution is 5.47. The monoisotopic (exact) mass is 239 g/mol. The zero-order chi connectivity index (χ0) is 12.4. The summed E-state index contributed by atoms with van der Waals surface area (Å²) in [6.45, 7) is 4.66. The lowest BCUT2D eigenvalue weighted by Gasteiger charge is -2.28. The predicted molar refractivity (Wildman–Crippen MR) is 64.2 cm³/mol. The summed E-state index contributed by atoms with van der Waals surface area (Å²) in [5.74, 6) is 0.714. The molecule has 0 saturated carbocycles. The number of fused-ring (bicyclic) bond motifs is 1. The van der Waals surface area contributed by atoms with Gasteiger partial charge in [-0.3, -0.25) is 0 Å². The summed E-state index contributed by atoms with van der Waals surface area (Å²) in [7, 11) is 1.59. The van der Waals surface area contributed by atoms with Crippen LogP contribution in [0.1, 0.15) is 19.4 Å². The Hall–Kier alpha value is -1.29. The van der Waals surface area contributed by atoms with Crippen molar-refractivity contribution in [3.8, 4) is 11.5 Å². The molecular formula is C13H18FNO2. The molecule has 1 aliphatic heterocycles. The van der Waals surface area contributed by atoms with E-state index in [9.17, 15) is 4.39 Å². The van der Waals surface area contributed by atoms with Crippen LogP contribution >= 0.6 is 0 Å². The minimum absolute atomic E-state index is 0.207. The molecule has 17 heavy (non-hydrogen) atoms. The summed E-state index contributed by atoms with van der Waals surface area (Å²) in [6, 6.07) is 3.62. The molecular weight excluding hydrogens is 221 g/mol. The lowest BCUT2D eigenvalue weighted by atomic mass is 10.0. The van der Waals surface area contributed by atoms with Crippen molar-refractivity contribution in [3.05, 3.63) is 23.5 Å². The molecule has 1 heterocycles. The van der Waals surface area contributed by atoms with E-state index in [1.807, 2.05) is 0 Å². The largest absolute Gasteiger partial charge is 0.496 e. The molecule has 0 spiro atoms. The van der Waals surface area contributed by atoms with Gasteiger partial charge >= 0.3 is 0 Å². The lowest BCUT2D eigenvalue weighted by Crippen LogP contribution is -2.43. The fourth-order valence-electron chi connectivity index (χ4n) is 2.19. The number of rotatable bonds is 3. The molecule has 4 heteroatoms. The third kappa shape index (κ3) is 2.52.